The minimum atomic E-state index is -0.123. The van der Waals surface area contributed by atoms with Crippen molar-refractivity contribution in [1.82, 2.24) is 0 Å². The Morgan fingerprint density at radius 1 is 1.44 bits per heavy atom. The molecule has 16 heavy (non-hydrogen) atoms. The van der Waals surface area contributed by atoms with Gasteiger partial charge >= 0.3 is 0 Å². The van der Waals surface area contributed by atoms with Gasteiger partial charge in [0, 0.05) is 16.0 Å². The third kappa shape index (κ3) is 1.94. The molecule has 1 aromatic rings. The van der Waals surface area contributed by atoms with Crippen molar-refractivity contribution in [2.45, 2.75) is 36.6 Å². The third-order valence-electron chi connectivity index (χ3n) is 3.31. The summed E-state index contributed by atoms with van der Waals surface area (Å²) in [6.07, 6.45) is 5.29. The minimum absolute atomic E-state index is 0.123. The normalized spacial score (nSPS) is 17.2. The van der Waals surface area contributed by atoms with E-state index in [2.05, 4.69) is 25.3 Å². The number of hydrogen-bond acceptors (Lipinski definition) is 3. The summed E-state index contributed by atoms with van der Waals surface area (Å²) in [5.41, 5.74) is 8.67. The summed E-state index contributed by atoms with van der Waals surface area (Å²) in [6.45, 7) is 2.17. The van der Waals surface area contributed by atoms with Gasteiger partial charge in [0.1, 0.15) is 5.75 Å². The molecule has 88 valence electrons. The Hall–Kier alpha value is -0.670. The van der Waals surface area contributed by atoms with E-state index in [1.165, 1.54) is 16.0 Å². The fraction of sp³-hybridized carbons (Fsp3) is 0.538. The molecule has 2 nitrogen and oxygen atoms in total. The molecule has 1 aliphatic carbocycles. The van der Waals surface area contributed by atoms with Gasteiger partial charge in [-0.2, -0.15) is 0 Å². The van der Waals surface area contributed by atoms with Gasteiger partial charge in [-0.25, -0.2) is 0 Å². The lowest BCUT2D eigenvalue weighted by molar-refractivity contribution is 0.403. The lowest BCUT2D eigenvalue weighted by Gasteiger charge is -2.17. The zero-order chi connectivity index (χ0) is 11.8. The molecule has 1 saturated carbocycles. The van der Waals surface area contributed by atoms with Crippen LogP contribution in [0.1, 0.15) is 30.9 Å². The number of benzene rings is 1. The molecule has 3 heteroatoms. The van der Waals surface area contributed by atoms with E-state index >= 15 is 0 Å². The molecule has 0 amide bonds. The molecule has 1 aliphatic rings. The Balaban J connectivity index is 2.51. The maximum atomic E-state index is 6.27. The van der Waals surface area contributed by atoms with Crippen LogP contribution in [0.3, 0.4) is 0 Å². The summed E-state index contributed by atoms with van der Waals surface area (Å²) >= 11 is 1.79. The van der Waals surface area contributed by atoms with Crippen LogP contribution in [-0.4, -0.2) is 13.4 Å². The number of ether oxygens (including phenoxy) is 1. The van der Waals surface area contributed by atoms with E-state index in [-0.39, 0.29) is 5.54 Å². The van der Waals surface area contributed by atoms with E-state index in [0.29, 0.717) is 0 Å². The van der Waals surface area contributed by atoms with E-state index in [1.807, 2.05) is 0 Å². The van der Waals surface area contributed by atoms with Gasteiger partial charge in [-0.3, -0.25) is 0 Å². The van der Waals surface area contributed by atoms with Crippen LogP contribution in [0, 0.1) is 0 Å². The van der Waals surface area contributed by atoms with Crippen LogP contribution < -0.4 is 10.5 Å². The second-order valence-corrected chi connectivity index (χ2v) is 5.22. The SMILES string of the molecule is CCc1cc(OC)c(C2(N)CC2)cc1SC. The molecule has 0 spiro atoms. The van der Waals surface area contributed by atoms with Crippen molar-refractivity contribution in [1.29, 1.82) is 0 Å². The van der Waals surface area contributed by atoms with Crippen LogP contribution in [-0.2, 0) is 12.0 Å². The number of aryl methyl sites for hydroxylation is 1. The van der Waals surface area contributed by atoms with Crippen LogP contribution in [0.2, 0.25) is 0 Å². The van der Waals surface area contributed by atoms with Crippen LogP contribution in [0.5, 0.6) is 5.75 Å². The maximum Gasteiger partial charge on any atom is 0.124 e. The van der Waals surface area contributed by atoms with Gasteiger partial charge in [-0.15, -0.1) is 11.8 Å². The smallest absolute Gasteiger partial charge is 0.124 e. The summed E-state index contributed by atoms with van der Waals surface area (Å²) < 4.78 is 5.46. The van der Waals surface area contributed by atoms with Crippen LogP contribution in [0.25, 0.3) is 0 Å². The lowest BCUT2D eigenvalue weighted by Crippen LogP contribution is -2.20. The van der Waals surface area contributed by atoms with Gasteiger partial charge in [0.25, 0.3) is 0 Å². The largest absolute Gasteiger partial charge is 0.496 e. The molecule has 0 heterocycles. The van der Waals surface area contributed by atoms with Crippen LogP contribution >= 0.6 is 11.8 Å². The number of rotatable bonds is 4. The molecule has 2 rings (SSSR count). The zero-order valence-electron chi connectivity index (χ0n) is 10.2. The molecule has 1 fully saturated rings. The highest BCUT2D eigenvalue weighted by Gasteiger charge is 2.42. The van der Waals surface area contributed by atoms with Crippen LogP contribution in [0.4, 0.5) is 0 Å². The molecule has 0 radical (unpaired) electrons. The van der Waals surface area contributed by atoms with Crippen molar-refractivity contribution in [3.8, 4) is 5.75 Å². The minimum Gasteiger partial charge on any atom is -0.496 e. The second-order valence-electron chi connectivity index (χ2n) is 4.37. The molecule has 0 bridgehead atoms. The summed E-state index contributed by atoms with van der Waals surface area (Å²) in [5.74, 6) is 0.953. The molecule has 2 N–H and O–H groups in total. The molecular weight excluding hydrogens is 218 g/mol. The maximum absolute atomic E-state index is 6.27. The first-order valence-electron chi connectivity index (χ1n) is 5.69. The first-order chi connectivity index (χ1) is 7.64. The predicted molar refractivity (Wildman–Crippen MR) is 69.3 cm³/mol. The molecule has 0 aliphatic heterocycles. The van der Waals surface area contributed by atoms with Crippen molar-refractivity contribution in [2.24, 2.45) is 5.73 Å². The third-order valence-corrected chi connectivity index (χ3v) is 4.13. The van der Waals surface area contributed by atoms with E-state index in [4.69, 9.17) is 10.5 Å². The van der Waals surface area contributed by atoms with Gasteiger partial charge in [0.05, 0.1) is 7.11 Å². The van der Waals surface area contributed by atoms with E-state index in [9.17, 15) is 0 Å². The van der Waals surface area contributed by atoms with Crippen molar-refractivity contribution < 1.29 is 4.74 Å². The number of thioether (sulfide) groups is 1. The molecule has 1 aromatic carbocycles. The highest BCUT2D eigenvalue weighted by Crippen LogP contribution is 2.48. The van der Waals surface area contributed by atoms with E-state index < -0.39 is 0 Å². The Kier molecular flexibility index (Phi) is 3.17. The topological polar surface area (TPSA) is 35.2 Å². The zero-order valence-corrected chi connectivity index (χ0v) is 11.0. The molecule has 0 saturated heterocycles. The van der Waals surface area contributed by atoms with Crippen molar-refractivity contribution in [3.05, 3.63) is 23.3 Å². The Morgan fingerprint density at radius 2 is 2.12 bits per heavy atom. The Bertz CT molecular complexity index is 399. The van der Waals surface area contributed by atoms with E-state index in [1.54, 1.807) is 18.9 Å². The highest BCUT2D eigenvalue weighted by molar-refractivity contribution is 7.98. The predicted octanol–water partition coefficient (Wildman–Crippen LogP) is 2.93. The summed E-state index contributed by atoms with van der Waals surface area (Å²) in [4.78, 5) is 1.33. The standard InChI is InChI=1S/C13H19NOS/c1-4-9-7-11(15-2)10(8-12(9)16-3)13(14)5-6-13/h7-8H,4-6,14H2,1-3H3. The Morgan fingerprint density at radius 3 is 2.56 bits per heavy atom. The van der Waals surface area contributed by atoms with Crippen molar-refractivity contribution in [3.63, 3.8) is 0 Å². The molecule has 0 atom stereocenters. The Labute approximate surface area is 102 Å². The lowest BCUT2D eigenvalue weighted by atomic mass is 10.0. The molecule has 0 unspecified atom stereocenters. The fourth-order valence-electron chi connectivity index (χ4n) is 2.03. The van der Waals surface area contributed by atoms with Gasteiger partial charge in [-0.05, 0) is 43.2 Å². The highest BCUT2D eigenvalue weighted by atomic mass is 32.2. The first-order valence-corrected chi connectivity index (χ1v) is 6.91. The van der Waals surface area contributed by atoms with Gasteiger partial charge < -0.3 is 10.5 Å². The van der Waals surface area contributed by atoms with Gasteiger partial charge in [0.2, 0.25) is 0 Å². The second kappa shape index (κ2) is 4.30. The van der Waals surface area contributed by atoms with Crippen molar-refractivity contribution >= 4 is 11.8 Å². The van der Waals surface area contributed by atoms with Crippen LogP contribution in [0.15, 0.2) is 17.0 Å². The average molecular weight is 237 g/mol. The molecule has 0 aromatic heterocycles. The van der Waals surface area contributed by atoms with Crippen molar-refractivity contribution in [2.75, 3.05) is 13.4 Å². The number of methoxy groups -OCH3 is 1. The summed E-state index contributed by atoms with van der Waals surface area (Å²) in [6, 6.07) is 4.36. The quantitative estimate of drug-likeness (QED) is 0.818. The van der Waals surface area contributed by atoms with E-state index in [0.717, 1.165) is 25.0 Å². The average Bonchev–Trinajstić information content (AvgIpc) is 3.06. The fourth-order valence-corrected chi connectivity index (χ4v) is 2.73. The monoisotopic (exact) mass is 237 g/mol. The number of hydrogen-bond donors (Lipinski definition) is 1. The molecular formula is C13H19NOS. The summed E-state index contributed by atoms with van der Waals surface area (Å²) in [5, 5.41) is 0. The van der Waals surface area contributed by atoms with Gasteiger partial charge in [0.15, 0.2) is 0 Å². The number of nitrogens with two attached hydrogens (primary N) is 1. The van der Waals surface area contributed by atoms with Gasteiger partial charge in [-0.1, -0.05) is 6.92 Å². The summed E-state index contributed by atoms with van der Waals surface area (Å²) in [7, 11) is 1.72. The first kappa shape index (κ1) is 11.8.